The number of carbonyl (C=O) groups excluding carboxylic acids is 1. The Morgan fingerprint density at radius 3 is 3.07 bits per heavy atom. The van der Waals surface area contributed by atoms with Crippen LogP contribution in [0.15, 0.2) is 0 Å². The predicted octanol–water partition coefficient (Wildman–Crippen LogP) is 0.255. The van der Waals surface area contributed by atoms with Crippen LogP contribution in [-0.2, 0) is 9.53 Å². The van der Waals surface area contributed by atoms with Crippen molar-refractivity contribution in [2.24, 2.45) is 5.92 Å². The van der Waals surface area contributed by atoms with Gasteiger partial charge in [-0.1, -0.05) is 0 Å². The number of nitrogens with one attached hydrogen (secondary N) is 1. The van der Waals surface area contributed by atoms with Crippen molar-refractivity contribution in [1.82, 2.24) is 5.32 Å². The average Bonchev–Trinajstić information content (AvgIpc) is 2.76. The van der Waals surface area contributed by atoms with Crippen LogP contribution in [0.25, 0.3) is 0 Å². The zero-order chi connectivity index (χ0) is 10.9. The lowest BCUT2D eigenvalue weighted by Gasteiger charge is -2.09. The van der Waals surface area contributed by atoms with Crippen LogP contribution in [0.1, 0.15) is 12.8 Å². The molecular formula is C10H19NO3S. The Morgan fingerprint density at radius 1 is 1.53 bits per heavy atom. The molecule has 1 unspecified atom stereocenters. The predicted molar refractivity (Wildman–Crippen MR) is 61.0 cm³/mol. The van der Waals surface area contributed by atoms with Crippen molar-refractivity contribution >= 4 is 17.7 Å². The van der Waals surface area contributed by atoms with E-state index in [0.717, 1.165) is 24.3 Å². The number of carbonyl (C=O) groups is 1. The van der Waals surface area contributed by atoms with Crippen LogP contribution in [0.3, 0.4) is 0 Å². The average molecular weight is 233 g/mol. The SMILES string of the molecule is O=C(NCCCOCCO)C1CCSC1. The van der Waals surface area contributed by atoms with Crippen LogP contribution in [0.2, 0.25) is 0 Å². The van der Waals surface area contributed by atoms with Gasteiger partial charge in [0, 0.05) is 24.8 Å². The molecule has 0 saturated carbocycles. The number of hydrogen-bond acceptors (Lipinski definition) is 4. The van der Waals surface area contributed by atoms with Gasteiger partial charge in [0.05, 0.1) is 13.2 Å². The van der Waals surface area contributed by atoms with Gasteiger partial charge in [-0.25, -0.2) is 0 Å². The Balaban J connectivity index is 1.92. The molecule has 1 rings (SSSR count). The van der Waals surface area contributed by atoms with E-state index >= 15 is 0 Å². The highest BCUT2D eigenvalue weighted by atomic mass is 32.2. The highest BCUT2D eigenvalue weighted by molar-refractivity contribution is 7.99. The van der Waals surface area contributed by atoms with Crippen LogP contribution < -0.4 is 5.32 Å². The maximum Gasteiger partial charge on any atom is 0.223 e. The lowest BCUT2D eigenvalue weighted by atomic mass is 10.1. The molecular weight excluding hydrogens is 214 g/mol. The molecule has 5 heteroatoms. The fourth-order valence-electron chi connectivity index (χ4n) is 1.44. The maximum atomic E-state index is 11.5. The summed E-state index contributed by atoms with van der Waals surface area (Å²) in [4.78, 5) is 11.5. The molecule has 0 bridgehead atoms. The summed E-state index contributed by atoms with van der Waals surface area (Å²) in [5.41, 5.74) is 0. The maximum absolute atomic E-state index is 11.5. The lowest BCUT2D eigenvalue weighted by Crippen LogP contribution is -2.31. The summed E-state index contributed by atoms with van der Waals surface area (Å²) in [6.45, 7) is 1.71. The Bertz CT molecular complexity index is 184. The molecule has 0 spiro atoms. The summed E-state index contributed by atoms with van der Waals surface area (Å²) in [5.74, 6) is 2.47. The van der Waals surface area contributed by atoms with Gasteiger partial charge < -0.3 is 15.2 Å². The molecule has 1 heterocycles. The molecule has 1 aliphatic heterocycles. The van der Waals surface area contributed by atoms with Crippen LogP contribution in [-0.4, -0.2) is 48.9 Å². The van der Waals surface area contributed by atoms with Gasteiger partial charge in [0.2, 0.25) is 5.91 Å². The largest absolute Gasteiger partial charge is 0.394 e. The Hall–Kier alpha value is -0.260. The molecule has 0 aromatic rings. The Labute approximate surface area is 94.8 Å². The molecule has 0 radical (unpaired) electrons. The molecule has 1 amide bonds. The second-order valence-electron chi connectivity index (χ2n) is 3.54. The molecule has 15 heavy (non-hydrogen) atoms. The minimum Gasteiger partial charge on any atom is -0.394 e. The Kier molecular flexibility index (Phi) is 6.80. The highest BCUT2D eigenvalue weighted by Crippen LogP contribution is 2.23. The number of hydrogen-bond donors (Lipinski definition) is 2. The zero-order valence-corrected chi connectivity index (χ0v) is 9.72. The minimum atomic E-state index is 0.0612. The first-order valence-electron chi connectivity index (χ1n) is 5.38. The van der Waals surface area contributed by atoms with Crippen molar-refractivity contribution in [2.45, 2.75) is 12.8 Å². The van der Waals surface area contributed by atoms with Gasteiger partial charge in [0.1, 0.15) is 0 Å². The fraction of sp³-hybridized carbons (Fsp3) is 0.900. The van der Waals surface area contributed by atoms with Crippen LogP contribution in [0.5, 0.6) is 0 Å². The third-order valence-corrected chi connectivity index (χ3v) is 3.46. The molecule has 1 aliphatic rings. The van der Waals surface area contributed by atoms with E-state index in [1.54, 1.807) is 0 Å². The van der Waals surface area contributed by atoms with E-state index in [4.69, 9.17) is 9.84 Å². The molecule has 4 nitrogen and oxygen atoms in total. The van der Waals surface area contributed by atoms with E-state index in [0.29, 0.717) is 19.8 Å². The molecule has 2 N–H and O–H groups in total. The third-order valence-electron chi connectivity index (χ3n) is 2.30. The number of amides is 1. The highest BCUT2D eigenvalue weighted by Gasteiger charge is 2.22. The van der Waals surface area contributed by atoms with Gasteiger partial charge >= 0.3 is 0 Å². The van der Waals surface area contributed by atoms with Crippen molar-refractivity contribution in [3.8, 4) is 0 Å². The summed E-state index contributed by atoms with van der Waals surface area (Å²) in [6, 6.07) is 0. The summed E-state index contributed by atoms with van der Waals surface area (Å²) < 4.78 is 5.08. The summed E-state index contributed by atoms with van der Waals surface area (Å²) in [5, 5.41) is 11.4. The van der Waals surface area contributed by atoms with Gasteiger partial charge in [0.15, 0.2) is 0 Å². The third kappa shape index (κ3) is 5.39. The molecule has 0 aliphatic carbocycles. The van der Waals surface area contributed by atoms with E-state index in [9.17, 15) is 4.79 Å². The minimum absolute atomic E-state index is 0.0612. The summed E-state index contributed by atoms with van der Waals surface area (Å²) >= 11 is 1.85. The molecule has 1 saturated heterocycles. The number of rotatable bonds is 7. The van der Waals surface area contributed by atoms with Crippen LogP contribution >= 0.6 is 11.8 Å². The van der Waals surface area contributed by atoms with Crippen molar-refractivity contribution in [3.63, 3.8) is 0 Å². The monoisotopic (exact) mass is 233 g/mol. The normalized spacial score (nSPS) is 20.5. The van der Waals surface area contributed by atoms with Crippen LogP contribution in [0, 0.1) is 5.92 Å². The number of aliphatic hydroxyl groups is 1. The molecule has 0 aromatic heterocycles. The van der Waals surface area contributed by atoms with Gasteiger partial charge in [-0.15, -0.1) is 0 Å². The van der Waals surface area contributed by atoms with E-state index in [1.165, 1.54) is 0 Å². The smallest absolute Gasteiger partial charge is 0.223 e. The quantitative estimate of drug-likeness (QED) is 0.619. The second-order valence-corrected chi connectivity index (χ2v) is 4.69. The molecule has 1 fully saturated rings. The van der Waals surface area contributed by atoms with E-state index in [-0.39, 0.29) is 18.4 Å². The number of aliphatic hydroxyl groups excluding tert-OH is 1. The van der Waals surface area contributed by atoms with Gasteiger partial charge in [-0.3, -0.25) is 4.79 Å². The second kappa shape index (κ2) is 7.96. The first-order chi connectivity index (χ1) is 7.34. The van der Waals surface area contributed by atoms with Crippen molar-refractivity contribution < 1.29 is 14.6 Å². The standard InChI is InChI=1S/C10H19NO3S/c12-4-6-14-5-1-3-11-10(13)9-2-7-15-8-9/h9,12H,1-8H2,(H,11,13). The van der Waals surface area contributed by atoms with Crippen molar-refractivity contribution in [3.05, 3.63) is 0 Å². The number of thioether (sulfide) groups is 1. The molecule has 88 valence electrons. The zero-order valence-electron chi connectivity index (χ0n) is 8.91. The topological polar surface area (TPSA) is 58.6 Å². The van der Waals surface area contributed by atoms with Gasteiger partial charge in [-0.05, 0) is 18.6 Å². The Morgan fingerprint density at radius 2 is 2.40 bits per heavy atom. The van der Waals surface area contributed by atoms with Gasteiger partial charge in [0.25, 0.3) is 0 Å². The van der Waals surface area contributed by atoms with E-state index < -0.39 is 0 Å². The summed E-state index contributed by atoms with van der Waals surface area (Å²) in [6.07, 6.45) is 1.82. The fourth-order valence-corrected chi connectivity index (χ4v) is 2.66. The first kappa shape index (κ1) is 12.8. The summed E-state index contributed by atoms with van der Waals surface area (Å²) in [7, 11) is 0. The van der Waals surface area contributed by atoms with Crippen LogP contribution in [0.4, 0.5) is 0 Å². The van der Waals surface area contributed by atoms with Crippen molar-refractivity contribution in [2.75, 3.05) is 37.9 Å². The number of ether oxygens (including phenoxy) is 1. The molecule has 1 atom stereocenters. The van der Waals surface area contributed by atoms with Crippen molar-refractivity contribution in [1.29, 1.82) is 0 Å². The first-order valence-corrected chi connectivity index (χ1v) is 6.54. The lowest BCUT2D eigenvalue weighted by molar-refractivity contribution is -0.124. The van der Waals surface area contributed by atoms with E-state index in [1.807, 2.05) is 11.8 Å². The van der Waals surface area contributed by atoms with E-state index in [2.05, 4.69) is 5.32 Å². The molecule has 0 aromatic carbocycles. The van der Waals surface area contributed by atoms with Gasteiger partial charge in [-0.2, -0.15) is 11.8 Å².